The van der Waals surface area contributed by atoms with Gasteiger partial charge >= 0.3 is 0 Å². The second kappa shape index (κ2) is 7.65. The lowest BCUT2D eigenvalue weighted by molar-refractivity contribution is 0.335. The number of benzene rings is 1. The number of rotatable bonds is 7. The maximum atomic E-state index is 5.74. The summed E-state index contributed by atoms with van der Waals surface area (Å²) < 4.78 is 5.74. The van der Waals surface area contributed by atoms with Crippen LogP contribution in [0.2, 0.25) is 0 Å². The molecule has 3 nitrogen and oxygen atoms in total. The summed E-state index contributed by atoms with van der Waals surface area (Å²) in [5.41, 5.74) is 14.2. The molecule has 0 amide bonds. The average molecular weight is 278 g/mol. The molecule has 114 valence electrons. The molecule has 0 unspecified atom stereocenters. The molecule has 1 aromatic carbocycles. The molecule has 0 bridgehead atoms. The molecule has 0 saturated heterocycles. The van der Waals surface area contributed by atoms with Crippen LogP contribution in [0.15, 0.2) is 18.2 Å². The molecule has 1 rings (SSSR count). The Kier molecular flexibility index (Phi) is 6.50. The largest absolute Gasteiger partial charge is 0.494 e. The molecule has 0 radical (unpaired) electrons. The van der Waals surface area contributed by atoms with Crippen LogP contribution in [0.4, 0.5) is 0 Å². The third-order valence-corrected chi connectivity index (χ3v) is 3.71. The van der Waals surface area contributed by atoms with Gasteiger partial charge in [0.15, 0.2) is 0 Å². The van der Waals surface area contributed by atoms with Gasteiger partial charge < -0.3 is 16.2 Å². The van der Waals surface area contributed by atoms with Crippen molar-refractivity contribution >= 4 is 0 Å². The highest BCUT2D eigenvalue weighted by molar-refractivity contribution is 5.39. The molecule has 0 aliphatic carbocycles. The van der Waals surface area contributed by atoms with Crippen molar-refractivity contribution in [1.29, 1.82) is 0 Å². The molecular formula is C17H30N2O. The zero-order valence-corrected chi connectivity index (χ0v) is 13.4. The lowest BCUT2D eigenvalue weighted by atomic mass is 9.85. The molecular weight excluding hydrogens is 248 g/mol. The Balaban J connectivity index is 2.94. The van der Waals surface area contributed by atoms with Crippen molar-refractivity contribution in [2.24, 2.45) is 17.4 Å². The van der Waals surface area contributed by atoms with Crippen molar-refractivity contribution in [1.82, 2.24) is 0 Å². The minimum Gasteiger partial charge on any atom is -0.494 e. The number of aryl methyl sites for hydroxylation is 1. The Morgan fingerprint density at radius 1 is 1.15 bits per heavy atom. The monoisotopic (exact) mass is 278 g/mol. The van der Waals surface area contributed by atoms with E-state index in [9.17, 15) is 0 Å². The summed E-state index contributed by atoms with van der Waals surface area (Å²) >= 11 is 0. The molecule has 0 aliphatic heterocycles. The van der Waals surface area contributed by atoms with E-state index >= 15 is 0 Å². The van der Waals surface area contributed by atoms with Crippen LogP contribution in [-0.2, 0) is 11.8 Å². The molecule has 4 N–H and O–H groups in total. The quantitative estimate of drug-likeness (QED) is 0.806. The van der Waals surface area contributed by atoms with Gasteiger partial charge in [0.2, 0.25) is 0 Å². The van der Waals surface area contributed by atoms with E-state index in [-0.39, 0.29) is 5.41 Å². The van der Waals surface area contributed by atoms with Crippen molar-refractivity contribution in [3.63, 3.8) is 0 Å². The molecule has 0 spiro atoms. The molecule has 0 fully saturated rings. The Labute approximate surface area is 123 Å². The smallest absolute Gasteiger partial charge is 0.122 e. The minimum absolute atomic E-state index is 0.153. The van der Waals surface area contributed by atoms with Crippen LogP contribution < -0.4 is 16.2 Å². The van der Waals surface area contributed by atoms with Crippen molar-refractivity contribution in [2.75, 3.05) is 19.7 Å². The fraction of sp³-hybridized carbons (Fsp3) is 0.647. The highest BCUT2D eigenvalue weighted by atomic mass is 16.5. The van der Waals surface area contributed by atoms with E-state index in [1.807, 2.05) is 6.92 Å². The Morgan fingerprint density at radius 3 is 2.30 bits per heavy atom. The van der Waals surface area contributed by atoms with Crippen LogP contribution in [0.1, 0.15) is 45.2 Å². The molecule has 0 aliphatic rings. The van der Waals surface area contributed by atoms with Gasteiger partial charge in [-0.25, -0.2) is 0 Å². The van der Waals surface area contributed by atoms with E-state index in [1.165, 1.54) is 11.1 Å². The first-order valence-corrected chi connectivity index (χ1v) is 7.58. The molecule has 3 heteroatoms. The van der Waals surface area contributed by atoms with E-state index in [0.29, 0.717) is 25.6 Å². The molecule has 0 saturated carbocycles. The summed E-state index contributed by atoms with van der Waals surface area (Å²) in [6.45, 7) is 10.7. The minimum atomic E-state index is 0.153. The molecule has 20 heavy (non-hydrogen) atoms. The Hall–Kier alpha value is -1.06. The first kappa shape index (κ1) is 17.0. The predicted molar refractivity (Wildman–Crippen MR) is 86.2 cm³/mol. The first-order chi connectivity index (χ1) is 9.42. The average Bonchev–Trinajstić information content (AvgIpc) is 2.40. The first-order valence-electron chi connectivity index (χ1n) is 7.58. The summed E-state index contributed by atoms with van der Waals surface area (Å²) in [6, 6.07) is 6.53. The Bertz CT molecular complexity index is 406. The van der Waals surface area contributed by atoms with Gasteiger partial charge in [-0.1, -0.05) is 32.9 Å². The van der Waals surface area contributed by atoms with Crippen molar-refractivity contribution < 1.29 is 4.74 Å². The molecule has 1 aromatic rings. The molecule has 0 heterocycles. The van der Waals surface area contributed by atoms with Gasteiger partial charge in [-0.05, 0) is 61.4 Å². The van der Waals surface area contributed by atoms with Crippen LogP contribution in [0.5, 0.6) is 5.75 Å². The standard InChI is InChI=1S/C17H30N2O/c1-5-20-16-9-8-15(17(2,3)4)10-14(16)7-6-13(11-18)12-19/h8-10,13H,5-7,11-12,18-19H2,1-4H3. The van der Waals surface area contributed by atoms with E-state index in [2.05, 4.69) is 39.0 Å². The van der Waals surface area contributed by atoms with Crippen LogP contribution in [0.25, 0.3) is 0 Å². The van der Waals surface area contributed by atoms with E-state index in [0.717, 1.165) is 18.6 Å². The highest BCUT2D eigenvalue weighted by Gasteiger charge is 2.16. The highest BCUT2D eigenvalue weighted by Crippen LogP contribution is 2.29. The zero-order chi connectivity index (χ0) is 15.2. The normalized spacial score (nSPS) is 11.9. The summed E-state index contributed by atoms with van der Waals surface area (Å²) in [7, 11) is 0. The lowest BCUT2D eigenvalue weighted by Gasteiger charge is -2.22. The summed E-state index contributed by atoms with van der Waals surface area (Å²) in [5.74, 6) is 1.39. The van der Waals surface area contributed by atoms with E-state index in [1.54, 1.807) is 0 Å². The van der Waals surface area contributed by atoms with E-state index in [4.69, 9.17) is 16.2 Å². The van der Waals surface area contributed by atoms with Gasteiger partial charge in [-0.2, -0.15) is 0 Å². The maximum Gasteiger partial charge on any atom is 0.122 e. The number of hydrogen-bond acceptors (Lipinski definition) is 3. The SMILES string of the molecule is CCOc1ccc(C(C)(C)C)cc1CCC(CN)CN. The van der Waals surface area contributed by atoms with Gasteiger partial charge in [0, 0.05) is 0 Å². The van der Waals surface area contributed by atoms with Gasteiger partial charge in [-0.3, -0.25) is 0 Å². The molecule has 0 aromatic heterocycles. The predicted octanol–water partition coefficient (Wildman–Crippen LogP) is 2.85. The number of nitrogens with two attached hydrogens (primary N) is 2. The zero-order valence-electron chi connectivity index (χ0n) is 13.4. The van der Waals surface area contributed by atoms with E-state index < -0.39 is 0 Å². The van der Waals surface area contributed by atoms with Crippen LogP contribution >= 0.6 is 0 Å². The van der Waals surface area contributed by atoms with Gasteiger partial charge in [-0.15, -0.1) is 0 Å². The Morgan fingerprint density at radius 2 is 1.80 bits per heavy atom. The van der Waals surface area contributed by atoms with Gasteiger partial charge in [0.1, 0.15) is 5.75 Å². The van der Waals surface area contributed by atoms with Gasteiger partial charge in [0.25, 0.3) is 0 Å². The summed E-state index contributed by atoms with van der Waals surface area (Å²) in [6.07, 6.45) is 1.99. The fourth-order valence-corrected chi connectivity index (χ4v) is 2.23. The third-order valence-electron chi connectivity index (χ3n) is 3.71. The maximum absolute atomic E-state index is 5.74. The fourth-order valence-electron chi connectivity index (χ4n) is 2.23. The van der Waals surface area contributed by atoms with Crippen LogP contribution in [0, 0.1) is 5.92 Å². The van der Waals surface area contributed by atoms with Gasteiger partial charge in [0.05, 0.1) is 6.61 Å². The van der Waals surface area contributed by atoms with Crippen molar-refractivity contribution in [2.45, 2.75) is 46.0 Å². The number of hydrogen-bond donors (Lipinski definition) is 2. The third kappa shape index (κ3) is 4.80. The number of ether oxygens (including phenoxy) is 1. The second-order valence-electron chi connectivity index (χ2n) is 6.38. The van der Waals surface area contributed by atoms with Crippen molar-refractivity contribution in [3.8, 4) is 5.75 Å². The van der Waals surface area contributed by atoms with Crippen LogP contribution in [0.3, 0.4) is 0 Å². The lowest BCUT2D eigenvalue weighted by Crippen LogP contribution is -2.23. The summed E-state index contributed by atoms with van der Waals surface area (Å²) in [4.78, 5) is 0. The summed E-state index contributed by atoms with van der Waals surface area (Å²) in [5, 5.41) is 0. The molecule has 0 atom stereocenters. The van der Waals surface area contributed by atoms with Crippen molar-refractivity contribution in [3.05, 3.63) is 29.3 Å². The van der Waals surface area contributed by atoms with Crippen LogP contribution in [-0.4, -0.2) is 19.7 Å². The second-order valence-corrected chi connectivity index (χ2v) is 6.38. The topological polar surface area (TPSA) is 61.3 Å².